The van der Waals surface area contributed by atoms with E-state index in [4.69, 9.17) is 10.5 Å². The van der Waals surface area contributed by atoms with Gasteiger partial charge in [0, 0.05) is 22.9 Å². The molecule has 0 aliphatic heterocycles. The number of rotatable bonds is 5. The molecular weight excluding hydrogens is 290 g/mol. The molecule has 0 saturated heterocycles. The molecule has 3 rings (SSSR count). The molecule has 104 valence electrons. The van der Waals surface area contributed by atoms with E-state index in [1.807, 2.05) is 29.6 Å². The molecule has 20 heavy (non-hydrogen) atoms. The number of imidazole rings is 1. The van der Waals surface area contributed by atoms with Crippen LogP contribution in [0.1, 0.15) is 5.69 Å². The summed E-state index contributed by atoms with van der Waals surface area (Å²) in [5.74, 6) is 0.863. The van der Waals surface area contributed by atoms with Gasteiger partial charge in [0.1, 0.15) is 10.8 Å². The Labute approximate surface area is 125 Å². The van der Waals surface area contributed by atoms with Gasteiger partial charge >= 0.3 is 0 Å². The van der Waals surface area contributed by atoms with Crippen LogP contribution in [0, 0.1) is 0 Å². The van der Waals surface area contributed by atoms with Crippen LogP contribution in [0.15, 0.2) is 45.8 Å². The summed E-state index contributed by atoms with van der Waals surface area (Å²) in [6.45, 7) is 0.625. The molecule has 0 aliphatic carbocycles. The first kappa shape index (κ1) is 13.5. The molecule has 4 nitrogen and oxygen atoms in total. The summed E-state index contributed by atoms with van der Waals surface area (Å²) in [7, 11) is 1.67. The van der Waals surface area contributed by atoms with Crippen LogP contribution in [0.3, 0.4) is 0 Å². The van der Waals surface area contributed by atoms with Crippen molar-refractivity contribution in [3.63, 3.8) is 0 Å². The molecule has 3 aromatic rings. The second-order valence-corrected chi connectivity index (χ2v) is 6.17. The maximum Gasteiger partial charge on any atom is 0.194 e. The minimum Gasteiger partial charge on any atom is -0.497 e. The molecule has 0 aliphatic rings. The average Bonchev–Trinajstić information content (AvgIpc) is 3.03. The highest BCUT2D eigenvalue weighted by Crippen LogP contribution is 2.32. The standard InChI is InChI=1S/C14H15N3OS2/c1-18-10-2-4-11(5-3-10)20-13-12(6-7-15)17-8-9-19-14(17)16-13/h2-5,8-9H,6-7,15H2,1H3. The number of nitrogens with two attached hydrogens (primary N) is 1. The first-order valence-corrected chi connectivity index (χ1v) is 7.98. The third-order valence-electron chi connectivity index (χ3n) is 2.98. The Balaban J connectivity index is 1.92. The molecule has 0 amide bonds. The number of methoxy groups -OCH3 is 1. The maximum absolute atomic E-state index is 5.72. The number of hydrogen-bond donors (Lipinski definition) is 1. The highest BCUT2D eigenvalue weighted by Gasteiger charge is 2.13. The third kappa shape index (κ3) is 2.54. The van der Waals surface area contributed by atoms with Gasteiger partial charge in [-0.2, -0.15) is 0 Å². The van der Waals surface area contributed by atoms with Crippen molar-refractivity contribution in [3.05, 3.63) is 41.5 Å². The third-order valence-corrected chi connectivity index (χ3v) is 4.76. The number of fused-ring (bicyclic) bond motifs is 1. The second kappa shape index (κ2) is 5.87. The zero-order chi connectivity index (χ0) is 13.9. The molecular formula is C14H15N3OS2. The van der Waals surface area contributed by atoms with E-state index in [0.29, 0.717) is 6.54 Å². The van der Waals surface area contributed by atoms with Gasteiger partial charge in [-0.05, 0) is 30.8 Å². The maximum atomic E-state index is 5.72. The number of aromatic nitrogens is 2. The van der Waals surface area contributed by atoms with Gasteiger partial charge in [0.05, 0.1) is 12.8 Å². The average molecular weight is 305 g/mol. The zero-order valence-electron chi connectivity index (χ0n) is 11.1. The van der Waals surface area contributed by atoms with Gasteiger partial charge in [-0.25, -0.2) is 4.98 Å². The number of thiazole rings is 1. The van der Waals surface area contributed by atoms with Crippen molar-refractivity contribution in [2.75, 3.05) is 13.7 Å². The lowest BCUT2D eigenvalue weighted by Crippen LogP contribution is -2.05. The van der Waals surface area contributed by atoms with Crippen molar-refractivity contribution < 1.29 is 4.74 Å². The van der Waals surface area contributed by atoms with Gasteiger partial charge in [-0.3, -0.25) is 4.40 Å². The summed E-state index contributed by atoms with van der Waals surface area (Å²) in [4.78, 5) is 6.85. The number of benzene rings is 1. The molecule has 0 spiro atoms. The van der Waals surface area contributed by atoms with E-state index in [1.165, 1.54) is 5.69 Å². The first-order valence-electron chi connectivity index (χ1n) is 6.28. The summed E-state index contributed by atoms with van der Waals surface area (Å²) in [5, 5.41) is 3.08. The predicted molar refractivity (Wildman–Crippen MR) is 82.9 cm³/mol. The van der Waals surface area contributed by atoms with E-state index in [-0.39, 0.29) is 0 Å². The van der Waals surface area contributed by atoms with E-state index in [0.717, 1.165) is 27.1 Å². The van der Waals surface area contributed by atoms with Crippen molar-refractivity contribution in [2.45, 2.75) is 16.3 Å². The van der Waals surface area contributed by atoms with Crippen LogP contribution in [-0.2, 0) is 6.42 Å². The Bertz CT molecular complexity index is 703. The summed E-state index contributed by atoms with van der Waals surface area (Å²) in [5.41, 5.74) is 6.90. The molecule has 0 saturated carbocycles. The molecule has 0 atom stereocenters. The molecule has 0 unspecified atom stereocenters. The van der Waals surface area contributed by atoms with E-state index < -0.39 is 0 Å². The molecule has 2 heterocycles. The van der Waals surface area contributed by atoms with Gasteiger partial charge in [0.2, 0.25) is 0 Å². The lowest BCUT2D eigenvalue weighted by atomic mass is 10.3. The largest absolute Gasteiger partial charge is 0.497 e. The predicted octanol–water partition coefficient (Wildman–Crippen LogP) is 3.06. The lowest BCUT2D eigenvalue weighted by molar-refractivity contribution is 0.414. The van der Waals surface area contributed by atoms with Crippen molar-refractivity contribution in [3.8, 4) is 5.75 Å². The Hall–Kier alpha value is -1.50. The summed E-state index contributed by atoms with van der Waals surface area (Å²) < 4.78 is 7.30. The van der Waals surface area contributed by atoms with E-state index in [1.54, 1.807) is 30.2 Å². The molecule has 1 aromatic carbocycles. The summed E-state index contributed by atoms with van der Waals surface area (Å²) >= 11 is 3.31. The molecule has 2 aromatic heterocycles. The summed E-state index contributed by atoms with van der Waals surface area (Å²) in [6.07, 6.45) is 2.88. The molecule has 0 radical (unpaired) electrons. The Morgan fingerprint density at radius 3 is 2.85 bits per heavy atom. The van der Waals surface area contributed by atoms with Crippen LogP contribution in [0.25, 0.3) is 4.96 Å². The first-order chi connectivity index (χ1) is 9.81. The van der Waals surface area contributed by atoms with Crippen LogP contribution in [0.2, 0.25) is 0 Å². The minimum absolute atomic E-state index is 0.625. The van der Waals surface area contributed by atoms with Crippen LogP contribution < -0.4 is 10.5 Å². The van der Waals surface area contributed by atoms with Gasteiger partial charge < -0.3 is 10.5 Å². The molecule has 0 fully saturated rings. The Morgan fingerprint density at radius 1 is 1.35 bits per heavy atom. The van der Waals surface area contributed by atoms with Crippen molar-refractivity contribution in [1.29, 1.82) is 0 Å². The van der Waals surface area contributed by atoms with Gasteiger partial charge in [-0.1, -0.05) is 11.8 Å². The SMILES string of the molecule is COc1ccc(Sc2nc3sccn3c2CCN)cc1. The molecule has 6 heteroatoms. The van der Waals surface area contributed by atoms with E-state index in [9.17, 15) is 0 Å². The number of hydrogen-bond acceptors (Lipinski definition) is 5. The minimum atomic E-state index is 0.625. The van der Waals surface area contributed by atoms with Crippen LogP contribution in [0.4, 0.5) is 0 Å². The smallest absolute Gasteiger partial charge is 0.194 e. The highest BCUT2D eigenvalue weighted by molar-refractivity contribution is 7.99. The fourth-order valence-electron chi connectivity index (χ4n) is 2.01. The Morgan fingerprint density at radius 2 is 2.15 bits per heavy atom. The highest BCUT2D eigenvalue weighted by atomic mass is 32.2. The lowest BCUT2D eigenvalue weighted by Gasteiger charge is -2.04. The monoisotopic (exact) mass is 305 g/mol. The van der Waals surface area contributed by atoms with Gasteiger partial charge in [-0.15, -0.1) is 11.3 Å². The topological polar surface area (TPSA) is 52.5 Å². The van der Waals surface area contributed by atoms with Crippen LogP contribution in [0.5, 0.6) is 5.75 Å². The Kier molecular flexibility index (Phi) is 3.95. The van der Waals surface area contributed by atoms with Gasteiger partial charge in [0.25, 0.3) is 0 Å². The van der Waals surface area contributed by atoms with Gasteiger partial charge in [0.15, 0.2) is 4.96 Å². The van der Waals surface area contributed by atoms with Crippen LogP contribution >= 0.6 is 23.1 Å². The quantitative estimate of drug-likeness (QED) is 0.787. The van der Waals surface area contributed by atoms with E-state index in [2.05, 4.69) is 15.6 Å². The summed E-state index contributed by atoms with van der Waals surface area (Å²) in [6, 6.07) is 8.01. The number of ether oxygens (including phenoxy) is 1. The van der Waals surface area contributed by atoms with Crippen molar-refractivity contribution in [2.24, 2.45) is 5.73 Å². The fraction of sp³-hybridized carbons (Fsp3) is 0.214. The number of nitrogens with zero attached hydrogens (tertiary/aromatic N) is 2. The van der Waals surface area contributed by atoms with Crippen LogP contribution in [-0.4, -0.2) is 23.0 Å². The van der Waals surface area contributed by atoms with Crippen molar-refractivity contribution >= 4 is 28.1 Å². The molecule has 0 bridgehead atoms. The van der Waals surface area contributed by atoms with E-state index >= 15 is 0 Å². The zero-order valence-corrected chi connectivity index (χ0v) is 12.7. The second-order valence-electron chi connectivity index (χ2n) is 4.24. The van der Waals surface area contributed by atoms with Crippen molar-refractivity contribution in [1.82, 2.24) is 9.38 Å². The fourth-order valence-corrected chi connectivity index (χ4v) is 3.75. The normalized spacial score (nSPS) is 11.1. The molecule has 2 N–H and O–H groups in total.